The Bertz CT molecular complexity index is 957. The van der Waals surface area contributed by atoms with Crippen LogP contribution < -0.4 is 15.5 Å². The maximum absolute atomic E-state index is 13.8. The normalized spacial score (nSPS) is 20.6. The van der Waals surface area contributed by atoms with Crippen molar-refractivity contribution < 1.29 is 13.6 Å². The number of hydrogen-bond donors (Lipinski definition) is 2. The number of carbonyl (C=O) groups is 1. The lowest BCUT2D eigenvalue weighted by Crippen LogP contribution is -2.40. The van der Waals surface area contributed by atoms with Gasteiger partial charge in [-0.1, -0.05) is 0 Å². The predicted octanol–water partition coefficient (Wildman–Crippen LogP) is 3.85. The van der Waals surface area contributed by atoms with Crippen LogP contribution in [0.25, 0.3) is 0 Å². The van der Waals surface area contributed by atoms with Gasteiger partial charge in [0.2, 0.25) is 5.95 Å². The van der Waals surface area contributed by atoms with E-state index in [1.54, 1.807) is 0 Å². The first-order valence-electron chi connectivity index (χ1n) is 11.0. The van der Waals surface area contributed by atoms with Gasteiger partial charge in [0.15, 0.2) is 0 Å². The van der Waals surface area contributed by atoms with Crippen molar-refractivity contribution in [2.75, 3.05) is 24.3 Å². The summed E-state index contributed by atoms with van der Waals surface area (Å²) in [5.74, 6) is -0.362. The van der Waals surface area contributed by atoms with Crippen LogP contribution in [0.4, 0.5) is 20.5 Å². The highest BCUT2D eigenvalue weighted by molar-refractivity contribution is 5.94. The van der Waals surface area contributed by atoms with Crippen LogP contribution in [0.5, 0.6) is 0 Å². The number of amides is 1. The topological polar surface area (TPSA) is 70.2 Å². The largest absolute Gasteiger partial charge is 0.362 e. The van der Waals surface area contributed by atoms with Gasteiger partial charge in [-0.05, 0) is 63.5 Å². The Hall–Kier alpha value is -2.77. The van der Waals surface area contributed by atoms with Gasteiger partial charge in [0.05, 0.1) is 11.3 Å². The van der Waals surface area contributed by atoms with Gasteiger partial charge >= 0.3 is 0 Å². The van der Waals surface area contributed by atoms with Gasteiger partial charge in [0.1, 0.15) is 17.5 Å². The van der Waals surface area contributed by atoms with Crippen LogP contribution in [-0.4, -0.2) is 42.1 Å². The third-order valence-electron chi connectivity index (χ3n) is 6.16. The number of aryl methyl sites for hydroxylation is 1. The molecule has 0 atom stereocenters. The van der Waals surface area contributed by atoms with Crippen molar-refractivity contribution in [2.24, 2.45) is 0 Å². The van der Waals surface area contributed by atoms with E-state index in [0.29, 0.717) is 5.95 Å². The number of aromatic nitrogens is 2. The van der Waals surface area contributed by atoms with E-state index in [1.807, 2.05) is 14.1 Å². The number of halogens is 2. The van der Waals surface area contributed by atoms with Crippen LogP contribution in [0.3, 0.4) is 0 Å². The van der Waals surface area contributed by atoms with Crippen molar-refractivity contribution in [3.63, 3.8) is 0 Å². The van der Waals surface area contributed by atoms with Gasteiger partial charge in [-0.3, -0.25) is 4.79 Å². The highest BCUT2D eigenvalue weighted by atomic mass is 19.1. The molecule has 1 saturated carbocycles. The number of carbonyl (C=O) groups excluding carboxylic acids is 1. The zero-order valence-electron chi connectivity index (χ0n) is 18.0. The van der Waals surface area contributed by atoms with E-state index in [2.05, 4.69) is 15.5 Å². The molecule has 0 bridgehead atoms. The second-order valence-electron chi connectivity index (χ2n) is 8.69. The quantitative estimate of drug-likeness (QED) is 0.756. The summed E-state index contributed by atoms with van der Waals surface area (Å²) in [5.41, 5.74) is 2.29. The fourth-order valence-corrected chi connectivity index (χ4v) is 4.51. The third-order valence-corrected chi connectivity index (χ3v) is 6.16. The van der Waals surface area contributed by atoms with Gasteiger partial charge in [0, 0.05) is 37.8 Å². The van der Waals surface area contributed by atoms with E-state index in [0.717, 1.165) is 68.6 Å². The molecule has 1 aromatic heterocycles. The molecule has 1 heterocycles. The molecule has 1 amide bonds. The second-order valence-corrected chi connectivity index (χ2v) is 8.69. The van der Waals surface area contributed by atoms with Crippen LogP contribution in [0.1, 0.15) is 60.1 Å². The molecule has 6 nitrogen and oxygen atoms in total. The van der Waals surface area contributed by atoms with E-state index < -0.39 is 17.5 Å². The monoisotopic (exact) mass is 429 g/mol. The number of nitrogens with one attached hydrogen (secondary N) is 2. The predicted molar refractivity (Wildman–Crippen MR) is 116 cm³/mol. The summed E-state index contributed by atoms with van der Waals surface area (Å²) >= 11 is 0. The number of benzene rings is 1. The lowest BCUT2D eigenvalue weighted by atomic mass is 9.91. The lowest BCUT2D eigenvalue weighted by molar-refractivity contribution is 0.0922. The standard InChI is InChI=1S/C23H29F2N5O/c1-30(2)21-18-5-3-4-6-20(18)28-23(29-21)27-16-10-8-15(9-11-16)26-22(31)17-12-7-14(24)13-19(17)25/h7,12-13,15-16H,3-6,8-11H2,1-2H3,(H,26,31)(H,27,28,29). The van der Waals surface area contributed by atoms with Crippen molar-refractivity contribution in [2.45, 2.75) is 63.5 Å². The summed E-state index contributed by atoms with van der Waals surface area (Å²) in [4.78, 5) is 23.9. The average molecular weight is 430 g/mol. The Morgan fingerprint density at radius 1 is 1.03 bits per heavy atom. The lowest BCUT2D eigenvalue weighted by Gasteiger charge is -2.30. The smallest absolute Gasteiger partial charge is 0.254 e. The van der Waals surface area contributed by atoms with E-state index >= 15 is 0 Å². The minimum atomic E-state index is -0.839. The van der Waals surface area contributed by atoms with Crippen molar-refractivity contribution >= 4 is 17.7 Å². The molecule has 2 aromatic rings. The maximum atomic E-state index is 13.8. The van der Waals surface area contributed by atoms with Gasteiger partial charge in [-0.25, -0.2) is 13.8 Å². The Morgan fingerprint density at radius 2 is 1.74 bits per heavy atom. The summed E-state index contributed by atoms with van der Waals surface area (Å²) in [5, 5.41) is 6.36. The van der Waals surface area contributed by atoms with E-state index in [4.69, 9.17) is 9.97 Å². The van der Waals surface area contributed by atoms with Gasteiger partial charge in [0.25, 0.3) is 5.91 Å². The Balaban J connectivity index is 1.35. The molecular formula is C23H29F2N5O. The van der Waals surface area contributed by atoms with Gasteiger partial charge < -0.3 is 15.5 Å². The first-order chi connectivity index (χ1) is 14.9. The van der Waals surface area contributed by atoms with Crippen LogP contribution >= 0.6 is 0 Å². The van der Waals surface area contributed by atoms with Crippen LogP contribution in [-0.2, 0) is 12.8 Å². The minimum absolute atomic E-state index is 0.0307. The number of anilines is 2. The van der Waals surface area contributed by atoms with Crippen molar-refractivity contribution in [3.8, 4) is 0 Å². The van der Waals surface area contributed by atoms with E-state index in [9.17, 15) is 13.6 Å². The fraction of sp³-hybridized carbons (Fsp3) is 0.522. The molecule has 1 fully saturated rings. The molecule has 8 heteroatoms. The van der Waals surface area contributed by atoms with Crippen LogP contribution in [0.15, 0.2) is 18.2 Å². The summed E-state index contributed by atoms with van der Waals surface area (Å²) < 4.78 is 26.9. The van der Waals surface area contributed by atoms with Crippen LogP contribution in [0, 0.1) is 11.6 Å². The molecule has 2 aliphatic carbocycles. The molecule has 166 valence electrons. The first kappa shape index (κ1) is 21.5. The van der Waals surface area contributed by atoms with Crippen molar-refractivity contribution in [1.29, 1.82) is 0 Å². The zero-order valence-corrected chi connectivity index (χ0v) is 18.0. The summed E-state index contributed by atoms with van der Waals surface area (Å²) in [6.45, 7) is 0. The summed E-state index contributed by atoms with van der Waals surface area (Å²) in [6, 6.07) is 3.21. The third kappa shape index (κ3) is 4.94. The molecule has 0 radical (unpaired) electrons. The maximum Gasteiger partial charge on any atom is 0.254 e. The Labute approximate surface area is 181 Å². The van der Waals surface area contributed by atoms with Crippen molar-refractivity contribution in [1.82, 2.24) is 15.3 Å². The molecule has 0 saturated heterocycles. The summed E-state index contributed by atoms with van der Waals surface area (Å²) in [6.07, 6.45) is 7.63. The average Bonchev–Trinajstić information content (AvgIpc) is 2.74. The van der Waals surface area contributed by atoms with Gasteiger partial charge in [-0.2, -0.15) is 4.98 Å². The van der Waals surface area contributed by atoms with Gasteiger partial charge in [-0.15, -0.1) is 0 Å². The number of hydrogen-bond acceptors (Lipinski definition) is 5. The molecule has 0 unspecified atom stereocenters. The number of rotatable bonds is 5. The number of nitrogens with zero attached hydrogens (tertiary/aromatic N) is 3. The molecule has 0 spiro atoms. The second kappa shape index (κ2) is 9.16. The highest BCUT2D eigenvalue weighted by Gasteiger charge is 2.25. The molecule has 4 rings (SSSR count). The fourth-order valence-electron chi connectivity index (χ4n) is 4.51. The molecule has 1 aromatic carbocycles. The minimum Gasteiger partial charge on any atom is -0.362 e. The molecule has 0 aliphatic heterocycles. The molecule has 2 aliphatic rings. The van der Waals surface area contributed by atoms with Crippen LogP contribution in [0.2, 0.25) is 0 Å². The Morgan fingerprint density at radius 3 is 2.45 bits per heavy atom. The first-order valence-corrected chi connectivity index (χ1v) is 11.0. The highest BCUT2D eigenvalue weighted by Crippen LogP contribution is 2.29. The van der Waals surface area contributed by atoms with Crippen molar-refractivity contribution in [3.05, 3.63) is 46.7 Å². The van der Waals surface area contributed by atoms with E-state index in [-0.39, 0.29) is 17.6 Å². The number of fused-ring (bicyclic) bond motifs is 1. The molecule has 31 heavy (non-hydrogen) atoms. The summed E-state index contributed by atoms with van der Waals surface area (Å²) in [7, 11) is 4.03. The SMILES string of the molecule is CN(C)c1nc(NC2CCC(NC(=O)c3ccc(F)cc3F)CC2)nc2c1CCCC2. The van der Waals surface area contributed by atoms with E-state index in [1.165, 1.54) is 18.1 Å². The molecular weight excluding hydrogens is 400 g/mol. The Kier molecular flexibility index (Phi) is 6.34. The zero-order chi connectivity index (χ0) is 22.0. The molecule has 2 N–H and O–H groups in total.